The van der Waals surface area contributed by atoms with E-state index in [1.807, 2.05) is 11.8 Å². The predicted molar refractivity (Wildman–Crippen MR) is 59.5 cm³/mol. The monoisotopic (exact) mass is 214 g/mol. The molecule has 0 aromatic carbocycles. The molecule has 4 heteroatoms. The van der Waals surface area contributed by atoms with Gasteiger partial charge in [-0.15, -0.1) is 0 Å². The van der Waals surface area contributed by atoms with Gasteiger partial charge in [-0.05, 0) is 31.6 Å². The Kier molecular flexibility index (Phi) is 3.70. The van der Waals surface area contributed by atoms with Crippen LogP contribution < -0.4 is 5.32 Å². The fraction of sp³-hybridized carbons (Fsp3) is 0.900. The SMILES string of the molecule is O=C1CNCCCN1C1CCCSC1. The Labute approximate surface area is 89.6 Å². The standard InChI is InChI=1S/C10H18N2OS/c13-10-7-11-4-2-5-12(10)9-3-1-6-14-8-9/h9,11H,1-8H2. The Morgan fingerprint density at radius 1 is 1.43 bits per heavy atom. The van der Waals surface area contributed by atoms with Gasteiger partial charge in [0.2, 0.25) is 5.91 Å². The third-order valence-electron chi connectivity index (χ3n) is 2.93. The number of rotatable bonds is 1. The summed E-state index contributed by atoms with van der Waals surface area (Å²) in [7, 11) is 0. The summed E-state index contributed by atoms with van der Waals surface area (Å²) >= 11 is 1.99. The normalized spacial score (nSPS) is 30.1. The zero-order valence-electron chi connectivity index (χ0n) is 8.50. The lowest BCUT2D eigenvalue weighted by Crippen LogP contribution is -2.44. The molecule has 1 amide bonds. The Bertz CT molecular complexity index is 204. The molecule has 14 heavy (non-hydrogen) atoms. The summed E-state index contributed by atoms with van der Waals surface area (Å²) in [5.41, 5.74) is 0. The third kappa shape index (κ3) is 2.42. The van der Waals surface area contributed by atoms with Crippen LogP contribution in [-0.2, 0) is 4.79 Å². The first-order valence-corrected chi connectivity index (χ1v) is 6.61. The minimum absolute atomic E-state index is 0.301. The Balaban J connectivity index is 1.95. The van der Waals surface area contributed by atoms with E-state index in [-0.39, 0.29) is 0 Å². The maximum atomic E-state index is 11.8. The van der Waals surface area contributed by atoms with Crippen molar-refractivity contribution in [1.82, 2.24) is 10.2 Å². The molecule has 1 unspecified atom stereocenters. The van der Waals surface area contributed by atoms with Crippen LogP contribution in [-0.4, -0.2) is 48.0 Å². The molecule has 0 saturated carbocycles. The number of carbonyl (C=O) groups is 1. The molecule has 0 bridgehead atoms. The first-order chi connectivity index (χ1) is 6.88. The number of thioether (sulfide) groups is 1. The summed E-state index contributed by atoms with van der Waals surface area (Å²) in [5.74, 6) is 2.72. The van der Waals surface area contributed by atoms with Gasteiger partial charge in [0, 0.05) is 18.3 Å². The topological polar surface area (TPSA) is 32.3 Å². The van der Waals surface area contributed by atoms with Gasteiger partial charge in [-0.3, -0.25) is 4.79 Å². The summed E-state index contributed by atoms with van der Waals surface area (Å²) in [6.45, 7) is 2.49. The Hall–Kier alpha value is -0.220. The van der Waals surface area contributed by atoms with Gasteiger partial charge in [-0.1, -0.05) is 0 Å². The van der Waals surface area contributed by atoms with E-state index in [2.05, 4.69) is 10.2 Å². The largest absolute Gasteiger partial charge is 0.338 e. The molecule has 0 spiro atoms. The number of nitrogens with zero attached hydrogens (tertiary/aromatic N) is 1. The van der Waals surface area contributed by atoms with E-state index in [1.165, 1.54) is 18.6 Å². The van der Waals surface area contributed by atoms with Gasteiger partial charge in [-0.25, -0.2) is 0 Å². The van der Waals surface area contributed by atoms with Crippen LogP contribution in [0.2, 0.25) is 0 Å². The molecule has 2 aliphatic heterocycles. The smallest absolute Gasteiger partial charge is 0.236 e. The average molecular weight is 214 g/mol. The molecule has 2 fully saturated rings. The van der Waals surface area contributed by atoms with E-state index in [1.54, 1.807) is 0 Å². The van der Waals surface area contributed by atoms with Gasteiger partial charge in [0.15, 0.2) is 0 Å². The molecule has 2 saturated heterocycles. The van der Waals surface area contributed by atoms with Gasteiger partial charge in [0.1, 0.15) is 0 Å². The fourth-order valence-electron chi connectivity index (χ4n) is 2.15. The highest BCUT2D eigenvalue weighted by Crippen LogP contribution is 2.22. The van der Waals surface area contributed by atoms with Crippen LogP contribution in [0.3, 0.4) is 0 Å². The van der Waals surface area contributed by atoms with Crippen LogP contribution in [0.4, 0.5) is 0 Å². The minimum Gasteiger partial charge on any atom is -0.338 e. The lowest BCUT2D eigenvalue weighted by Gasteiger charge is -2.33. The number of amides is 1. The minimum atomic E-state index is 0.301. The van der Waals surface area contributed by atoms with Crippen LogP contribution in [0.1, 0.15) is 19.3 Å². The van der Waals surface area contributed by atoms with Crippen molar-refractivity contribution in [3.63, 3.8) is 0 Å². The van der Waals surface area contributed by atoms with Crippen LogP contribution in [0, 0.1) is 0 Å². The molecule has 2 aliphatic rings. The van der Waals surface area contributed by atoms with Crippen molar-refractivity contribution in [3.8, 4) is 0 Å². The van der Waals surface area contributed by atoms with Crippen LogP contribution in [0.25, 0.3) is 0 Å². The Morgan fingerprint density at radius 3 is 3.14 bits per heavy atom. The quantitative estimate of drug-likeness (QED) is 0.697. The van der Waals surface area contributed by atoms with Crippen molar-refractivity contribution in [1.29, 1.82) is 0 Å². The lowest BCUT2D eigenvalue weighted by molar-refractivity contribution is -0.131. The van der Waals surface area contributed by atoms with Gasteiger partial charge in [0.05, 0.1) is 6.54 Å². The second kappa shape index (κ2) is 5.03. The van der Waals surface area contributed by atoms with E-state index < -0.39 is 0 Å². The van der Waals surface area contributed by atoms with E-state index in [0.717, 1.165) is 25.3 Å². The zero-order chi connectivity index (χ0) is 9.80. The highest BCUT2D eigenvalue weighted by molar-refractivity contribution is 7.99. The van der Waals surface area contributed by atoms with Gasteiger partial charge in [-0.2, -0.15) is 11.8 Å². The predicted octanol–water partition coefficient (Wildman–Crippen LogP) is 0.704. The molecule has 0 aliphatic carbocycles. The third-order valence-corrected chi connectivity index (χ3v) is 4.12. The molecule has 2 rings (SSSR count). The van der Waals surface area contributed by atoms with E-state index >= 15 is 0 Å². The van der Waals surface area contributed by atoms with Crippen LogP contribution >= 0.6 is 11.8 Å². The first kappa shape index (κ1) is 10.3. The summed E-state index contributed by atoms with van der Waals surface area (Å²) in [6, 6.07) is 0.515. The molecule has 0 aromatic rings. The maximum absolute atomic E-state index is 11.8. The zero-order valence-corrected chi connectivity index (χ0v) is 9.31. The van der Waals surface area contributed by atoms with Crippen molar-refractivity contribution in [3.05, 3.63) is 0 Å². The van der Waals surface area contributed by atoms with Gasteiger partial charge < -0.3 is 10.2 Å². The van der Waals surface area contributed by atoms with Crippen molar-refractivity contribution >= 4 is 17.7 Å². The van der Waals surface area contributed by atoms with Crippen molar-refractivity contribution in [2.75, 3.05) is 31.1 Å². The molecule has 1 N–H and O–H groups in total. The molecular formula is C10H18N2OS. The summed E-state index contributed by atoms with van der Waals surface area (Å²) in [4.78, 5) is 13.9. The molecular weight excluding hydrogens is 196 g/mol. The van der Waals surface area contributed by atoms with Crippen molar-refractivity contribution in [2.45, 2.75) is 25.3 Å². The molecule has 80 valence electrons. The number of hydrogen-bond donors (Lipinski definition) is 1. The number of nitrogens with one attached hydrogen (secondary N) is 1. The van der Waals surface area contributed by atoms with Crippen molar-refractivity contribution in [2.24, 2.45) is 0 Å². The first-order valence-electron chi connectivity index (χ1n) is 5.46. The average Bonchev–Trinajstić information content (AvgIpc) is 2.44. The second-order valence-corrected chi connectivity index (χ2v) is 5.14. The van der Waals surface area contributed by atoms with Crippen LogP contribution in [0.15, 0.2) is 0 Å². The van der Waals surface area contributed by atoms with Gasteiger partial charge >= 0.3 is 0 Å². The molecule has 3 nitrogen and oxygen atoms in total. The lowest BCUT2D eigenvalue weighted by atomic mass is 10.1. The van der Waals surface area contributed by atoms with Gasteiger partial charge in [0.25, 0.3) is 0 Å². The summed E-state index contributed by atoms with van der Waals surface area (Å²) in [5, 5.41) is 3.17. The van der Waals surface area contributed by atoms with E-state index in [0.29, 0.717) is 18.5 Å². The second-order valence-electron chi connectivity index (χ2n) is 3.99. The molecule has 0 radical (unpaired) electrons. The summed E-state index contributed by atoms with van der Waals surface area (Å²) < 4.78 is 0. The van der Waals surface area contributed by atoms with E-state index in [4.69, 9.17) is 0 Å². The highest BCUT2D eigenvalue weighted by atomic mass is 32.2. The maximum Gasteiger partial charge on any atom is 0.236 e. The molecule has 0 aromatic heterocycles. The highest BCUT2D eigenvalue weighted by Gasteiger charge is 2.26. The van der Waals surface area contributed by atoms with Crippen molar-refractivity contribution < 1.29 is 4.79 Å². The fourth-order valence-corrected chi connectivity index (χ4v) is 3.31. The van der Waals surface area contributed by atoms with Crippen LogP contribution in [0.5, 0.6) is 0 Å². The molecule has 1 atom stereocenters. The number of carbonyl (C=O) groups excluding carboxylic acids is 1. The number of hydrogen-bond acceptors (Lipinski definition) is 3. The summed E-state index contributed by atoms with van der Waals surface area (Å²) in [6.07, 6.45) is 3.58. The molecule has 2 heterocycles. The Morgan fingerprint density at radius 2 is 2.36 bits per heavy atom. The van der Waals surface area contributed by atoms with E-state index in [9.17, 15) is 4.79 Å².